The van der Waals surface area contributed by atoms with Gasteiger partial charge in [0, 0.05) is 18.5 Å². The van der Waals surface area contributed by atoms with E-state index in [2.05, 4.69) is 16.4 Å². The molecule has 2 N–H and O–H groups in total. The molecule has 2 heterocycles. The average Bonchev–Trinajstić information content (AvgIpc) is 3.03. The van der Waals surface area contributed by atoms with E-state index in [0.29, 0.717) is 17.5 Å². The monoisotopic (exact) mass is 327 g/mol. The number of nitriles is 1. The van der Waals surface area contributed by atoms with Crippen LogP contribution in [0, 0.1) is 18.3 Å². The Labute approximate surface area is 142 Å². The molecule has 0 radical (unpaired) electrons. The normalized spacial score (nSPS) is 15.2. The molecule has 0 unspecified atom stereocenters. The first kappa shape index (κ1) is 16.5. The zero-order chi connectivity index (χ0) is 16.8. The number of hydrogen-bond acceptors (Lipinski definition) is 5. The lowest BCUT2D eigenvalue weighted by Crippen LogP contribution is -3.14. The highest BCUT2D eigenvalue weighted by Crippen LogP contribution is 2.25. The van der Waals surface area contributed by atoms with Gasteiger partial charge in [-0.1, -0.05) is 17.7 Å². The van der Waals surface area contributed by atoms with E-state index in [9.17, 15) is 5.26 Å². The fourth-order valence-corrected chi connectivity index (χ4v) is 2.87. The number of benzene rings is 1. The highest BCUT2D eigenvalue weighted by molar-refractivity contribution is 5.59. The maximum Gasteiger partial charge on any atom is 0.232 e. The van der Waals surface area contributed by atoms with Crippen LogP contribution in [0.15, 0.2) is 28.7 Å². The summed E-state index contributed by atoms with van der Waals surface area (Å²) in [6, 6.07) is 10.0. The van der Waals surface area contributed by atoms with Crippen molar-refractivity contribution in [2.75, 3.05) is 44.7 Å². The number of morpholine rings is 1. The number of ether oxygens (including phenoxy) is 1. The van der Waals surface area contributed by atoms with Crippen molar-refractivity contribution < 1.29 is 14.1 Å². The number of nitrogens with one attached hydrogen (secondary N) is 2. The zero-order valence-electron chi connectivity index (χ0n) is 14.0. The van der Waals surface area contributed by atoms with Crippen molar-refractivity contribution in [3.8, 4) is 17.5 Å². The molecule has 1 aliphatic heterocycles. The van der Waals surface area contributed by atoms with Gasteiger partial charge in [-0.2, -0.15) is 10.2 Å². The molecule has 1 aromatic carbocycles. The third-order valence-corrected chi connectivity index (χ3v) is 4.19. The molecule has 2 aromatic rings. The Kier molecular flexibility index (Phi) is 5.47. The molecule has 24 heavy (non-hydrogen) atoms. The van der Waals surface area contributed by atoms with E-state index in [1.807, 2.05) is 31.2 Å². The molecule has 3 rings (SSSR count). The molecular formula is C18H23N4O2+. The standard InChI is InChI=1S/C18H22N4O2/c1-14-4-2-5-15(12-14)17-21-16(13-19)18(24-17)20-6-3-7-22-8-10-23-11-9-22/h2,4-5,12,20H,3,6-11H2,1H3/p+1. The van der Waals surface area contributed by atoms with E-state index in [1.54, 1.807) is 4.90 Å². The summed E-state index contributed by atoms with van der Waals surface area (Å²) in [5, 5.41) is 12.5. The van der Waals surface area contributed by atoms with Crippen LogP contribution < -0.4 is 10.2 Å². The quantitative estimate of drug-likeness (QED) is 0.781. The van der Waals surface area contributed by atoms with Gasteiger partial charge in [0.25, 0.3) is 0 Å². The van der Waals surface area contributed by atoms with Gasteiger partial charge in [-0.05, 0) is 19.1 Å². The van der Waals surface area contributed by atoms with Crippen molar-refractivity contribution in [1.82, 2.24) is 4.98 Å². The van der Waals surface area contributed by atoms with Crippen molar-refractivity contribution in [1.29, 1.82) is 5.26 Å². The molecule has 1 saturated heterocycles. The maximum atomic E-state index is 9.26. The van der Waals surface area contributed by atoms with Gasteiger partial charge in [0.2, 0.25) is 17.5 Å². The minimum absolute atomic E-state index is 0.310. The van der Waals surface area contributed by atoms with Crippen LogP contribution in [0.4, 0.5) is 5.88 Å². The third-order valence-electron chi connectivity index (χ3n) is 4.19. The number of rotatable bonds is 6. The lowest BCUT2D eigenvalue weighted by Gasteiger charge is -2.23. The number of quaternary nitrogens is 1. The molecule has 0 amide bonds. The Hall–Kier alpha value is -2.36. The van der Waals surface area contributed by atoms with Gasteiger partial charge in [-0.25, -0.2) is 0 Å². The predicted octanol–water partition coefficient (Wildman–Crippen LogP) is 1.24. The summed E-state index contributed by atoms with van der Waals surface area (Å²) in [7, 11) is 0. The maximum absolute atomic E-state index is 9.26. The van der Waals surface area contributed by atoms with Gasteiger partial charge in [0.1, 0.15) is 19.2 Å². The molecule has 126 valence electrons. The summed E-state index contributed by atoms with van der Waals surface area (Å²) >= 11 is 0. The number of oxazole rings is 1. The van der Waals surface area contributed by atoms with Gasteiger partial charge in [0.15, 0.2) is 0 Å². The number of aryl methyl sites for hydroxylation is 1. The molecular weight excluding hydrogens is 304 g/mol. The first-order chi connectivity index (χ1) is 11.8. The van der Waals surface area contributed by atoms with Crippen LogP contribution in [-0.4, -0.2) is 44.4 Å². The van der Waals surface area contributed by atoms with E-state index in [4.69, 9.17) is 9.15 Å². The summed E-state index contributed by atoms with van der Waals surface area (Å²) in [5.41, 5.74) is 2.33. The van der Waals surface area contributed by atoms with Crippen molar-refractivity contribution >= 4 is 5.88 Å². The number of aromatic nitrogens is 1. The van der Waals surface area contributed by atoms with Crippen LogP contribution in [0.1, 0.15) is 17.7 Å². The minimum atomic E-state index is 0.310. The second-order valence-corrected chi connectivity index (χ2v) is 6.07. The van der Waals surface area contributed by atoms with Crippen LogP contribution in [0.25, 0.3) is 11.5 Å². The number of anilines is 1. The summed E-state index contributed by atoms with van der Waals surface area (Å²) in [6.45, 7) is 7.72. The van der Waals surface area contributed by atoms with E-state index in [1.165, 1.54) is 0 Å². The topological polar surface area (TPSA) is 75.5 Å². The van der Waals surface area contributed by atoms with Gasteiger partial charge < -0.3 is 19.4 Å². The van der Waals surface area contributed by atoms with Crippen LogP contribution >= 0.6 is 0 Å². The van der Waals surface area contributed by atoms with E-state index >= 15 is 0 Å². The Balaban J connectivity index is 1.58. The van der Waals surface area contributed by atoms with E-state index in [0.717, 1.165) is 56.9 Å². The molecule has 0 atom stereocenters. The number of nitrogens with zero attached hydrogens (tertiary/aromatic N) is 2. The fraction of sp³-hybridized carbons (Fsp3) is 0.444. The second-order valence-electron chi connectivity index (χ2n) is 6.07. The molecule has 0 spiro atoms. The molecule has 1 fully saturated rings. The molecule has 1 aliphatic rings. The van der Waals surface area contributed by atoms with Crippen LogP contribution in [0.3, 0.4) is 0 Å². The van der Waals surface area contributed by atoms with Gasteiger partial charge in [0.05, 0.1) is 19.8 Å². The van der Waals surface area contributed by atoms with Gasteiger partial charge in [-0.15, -0.1) is 0 Å². The third kappa shape index (κ3) is 4.13. The van der Waals surface area contributed by atoms with Gasteiger partial charge >= 0.3 is 0 Å². The largest absolute Gasteiger partial charge is 0.419 e. The molecule has 6 heteroatoms. The molecule has 0 saturated carbocycles. The molecule has 1 aromatic heterocycles. The minimum Gasteiger partial charge on any atom is -0.419 e. The van der Waals surface area contributed by atoms with E-state index < -0.39 is 0 Å². The Bertz CT molecular complexity index is 714. The molecule has 0 bridgehead atoms. The highest BCUT2D eigenvalue weighted by atomic mass is 16.5. The lowest BCUT2D eigenvalue weighted by molar-refractivity contribution is -0.908. The van der Waals surface area contributed by atoms with Crippen LogP contribution in [0.5, 0.6) is 0 Å². The summed E-state index contributed by atoms with van der Waals surface area (Å²) in [6.07, 6.45) is 1.01. The van der Waals surface area contributed by atoms with Gasteiger partial charge in [-0.3, -0.25) is 0 Å². The number of hydrogen-bond donors (Lipinski definition) is 2. The average molecular weight is 327 g/mol. The second kappa shape index (κ2) is 7.95. The Morgan fingerprint density at radius 2 is 2.17 bits per heavy atom. The lowest BCUT2D eigenvalue weighted by atomic mass is 10.1. The van der Waals surface area contributed by atoms with Crippen molar-refractivity contribution in [3.05, 3.63) is 35.5 Å². The van der Waals surface area contributed by atoms with Crippen molar-refractivity contribution in [2.45, 2.75) is 13.3 Å². The van der Waals surface area contributed by atoms with Crippen LogP contribution in [0.2, 0.25) is 0 Å². The van der Waals surface area contributed by atoms with Crippen molar-refractivity contribution in [2.24, 2.45) is 0 Å². The molecule has 0 aliphatic carbocycles. The summed E-state index contributed by atoms with van der Waals surface area (Å²) in [5.74, 6) is 0.947. The first-order valence-electron chi connectivity index (χ1n) is 8.39. The Morgan fingerprint density at radius 1 is 1.33 bits per heavy atom. The summed E-state index contributed by atoms with van der Waals surface area (Å²) < 4.78 is 11.1. The van der Waals surface area contributed by atoms with E-state index in [-0.39, 0.29) is 0 Å². The van der Waals surface area contributed by atoms with Crippen LogP contribution in [-0.2, 0) is 4.74 Å². The highest BCUT2D eigenvalue weighted by Gasteiger charge is 2.16. The summed E-state index contributed by atoms with van der Waals surface area (Å²) in [4.78, 5) is 5.87. The Morgan fingerprint density at radius 3 is 2.92 bits per heavy atom. The zero-order valence-corrected chi connectivity index (χ0v) is 14.0. The van der Waals surface area contributed by atoms with Crippen molar-refractivity contribution in [3.63, 3.8) is 0 Å². The smallest absolute Gasteiger partial charge is 0.232 e. The predicted molar refractivity (Wildman–Crippen MR) is 90.9 cm³/mol. The fourth-order valence-electron chi connectivity index (χ4n) is 2.87. The first-order valence-corrected chi connectivity index (χ1v) is 8.39. The molecule has 6 nitrogen and oxygen atoms in total. The SMILES string of the molecule is Cc1cccc(-c2nc(C#N)c(NCCC[NH+]3CCOCC3)o2)c1.